The molecule has 0 aliphatic rings. The maximum Gasteiger partial charge on any atom is 0.130 e. The summed E-state index contributed by atoms with van der Waals surface area (Å²) in [5.74, 6) is 1.62. The van der Waals surface area contributed by atoms with Gasteiger partial charge in [-0.25, -0.2) is 0 Å². The molecule has 0 atom stereocenters. The van der Waals surface area contributed by atoms with E-state index in [1.54, 1.807) is 0 Å². The molecule has 2 aromatic rings. The Morgan fingerprint density at radius 2 is 2.05 bits per heavy atom. The van der Waals surface area contributed by atoms with Gasteiger partial charge in [0.15, 0.2) is 0 Å². The van der Waals surface area contributed by atoms with Crippen LogP contribution in [0.1, 0.15) is 32.4 Å². The van der Waals surface area contributed by atoms with Crippen molar-refractivity contribution in [2.45, 2.75) is 33.2 Å². The lowest BCUT2D eigenvalue weighted by atomic mass is 10.1. The summed E-state index contributed by atoms with van der Waals surface area (Å²) in [7, 11) is 0. The summed E-state index contributed by atoms with van der Waals surface area (Å²) in [6.45, 7) is 5.64. The summed E-state index contributed by atoms with van der Waals surface area (Å²) in [5, 5.41) is 1.06. The fourth-order valence-electron chi connectivity index (χ4n) is 2.09. The van der Waals surface area contributed by atoms with Crippen LogP contribution in [-0.4, -0.2) is 11.6 Å². The molecule has 0 bridgehead atoms. The average Bonchev–Trinajstić information content (AvgIpc) is 2.42. The highest BCUT2D eigenvalue weighted by Gasteiger charge is 2.06. The van der Waals surface area contributed by atoms with Crippen molar-refractivity contribution < 1.29 is 4.74 Å². The zero-order valence-electron chi connectivity index (χ0n) is 11.7. The normalized spacial score (nSPS) is 11.2. The van der Waals surface area contributed by atoms with E-state index in [0.717, 1.165) is 41.3 Å². The Bertz CT molecular complexity index is 537. The molecule has 1 heterocycles. The minimum atomic E-state index is 0.438. The van der Waals surface area contributed by atoms with Crippen LogP contribution in [0.25, 0.3) is 10.9 Å². The molecule has 3 heteroatoms. The van der Waals surface area contributed by atoms with E-state index in [2.05, 4.69) is 18.8 Å². The van der Waals surface area contributed by atoms with Crippen molar-refractivity contribution in [1.82, 2.24) is 4.98 Å². The number of pyridine rings is 1. The second kappa shape index (κ2) is 6.53. The molecule has 0 fully saturated rings. The molecule has 0 aliphatic carbocycles. The fourth-order valence-corrected chi connectivity index (χ4v) is 2.09. The van der Waals surface area contributed by atoms with Crippen molar-refractivity contribution in [3.05, 3.63) is 36.0 Å². The number of rotatable bonds is 6. The molecule has 0 unspecified atom stereocenters. The molecule has 0 spiro atoms. The minimum absolute atomic E-state index is 0.438. The molecule has 19 heavy (non-hydrogen) atoms. The summed E-state index contributed by atoms with van der Waals surface area (Å²) >= 11 is 0. The monoisotopic (exact) mass is 258 g/mol. The molecule has 3 nitrogen and oxygen atoms in total. The highest BCUT2D eigenvalue weighted by Crippen LogP contribution is 2.25. The topological polar surface area (TPSA) is 48.1 Å². The van der Waals surface area contributed by atoms with Gasteiger partial charge in [0.05, 0.1) is 17.8 Å². The Morgan fingerprint density at radius 1 is 1.26 bits per heavy atom. The van der Waals surface area contributed by atoms with E-state index in [-0.39, 0.29) is 0 Å². The van der Waals surface area contributed by atoms with Crippen molar-refractivity contribution in [2.24, 2.45) is 11.7 Å². The third-order valence-corrected chi connectivity index (χ3v) is 3.12. The van der Waals surface area contributed by atoms with Crippen LogP contribution >= 0.6 is 0 Å². The van der Waals surface area contributed by atoms with Crippen molar-refractivity contribution in [3.63, 3.8) is 0 Å². The quantitative estimate of drug-likeness (QED) is 0.807. The van der Waals surface area contributed by atoms with E-state index in [9.17, 15) is 0 Å². The molecule has 0 radical (unpaired) electrons. The number of nitrogens with zero attached hydrogens (tertiary/aromatic N) is 1. The van der Waals surface area contributed by atoms with Gasteiger partial charge in [0, 0.05) is 18.0 Å². The molecule has 1 aromatic heterocycles. The lowest BCUT2D eigenvalue weighted by Gasteiger charge is -2.11. The summed E-state index contributed by atoms with van der Waals surface area (Å²) < 4.78 is 5.92. The van der Waals surface area contributed by atoms with Crippen molar-refractivity contribution in [3.8, 4) is 5.75 Å². The Balaban J connectivity index is 2.16. The highest BCUT2D eigenvalue weighted by molar-refractivity contribution is 5.85. The molecule has 2 N–H and O–H groups in total. The van der Waals surface area contributed by atoms with Crippen molar-refractivity contribution in [1.29, 1.82) is 0 Å². The Labute approximate surface area is 114 Å². The van der Waals surface area contributed by atoms with Gasteiger partial charge in [-0.05, 0) is 30.9 Å². The third kappa shape index (κ3) is 3.67. The number of ether oxygens (including phenoxy) is 1. The smallest absolute Gasteiger partial charge is 0.130 e. The second-order valence-electron chi connectivity index (χ2n) is 5.22. The standard InChI is InChI=1S/C16H22N2O/c1-12(2)6-5-9-19-16-10-13(11-17)18-15-8-4-3-7-14(15)16/h3-4,7-8,10,12H,5-6,9,11,17H2,1-2H3. The SMILES string of the molecule is CC(C)CCCOc1cc(CN)nc2ccccc12. The Kier molecular flexibility index (Phi) is 4.74. The molecule has 102 valence electrons. The molecule has 0 saturated heterocycles. The molecule has 0 aliphatic heterocycles. The summed E-state index contributed by atoms with van der Waals surface area (Å²) in [6.07, 6.45) is 2.26. The van der Waals surface area contributed by atoms with E-state index < -0.39 is 0 Å². The number of para-hydroxylation sites is 1. The second-order valence-corrected chi connectivity index (χ2v) is 5.22. The zero-order valence-corrected chi connectivity index (χ0v) is 11.7. The number of aromatic nitrogens is 1. The van der Waals surface area contributed by atoms with Crippen LogP contribution < -0.4 is 10.5 Å². The van der Waals surface area contributed by atoms with Gasteiger partial charge in [-0.15, -0.1) is 0 Å². The van der Waals surface area contributed by atoms with E-state index in [1.165, 1.54) is 6.42 Å². The summed E-state index contributed by atoms with van der Waals surface area (Å²) in [4.78, 5) is 4.51. The Hall–Kier alpha value is -1.61. The molecule has 0 saturated carbocycles. The predicted molar refractivity (Wildman–Crippen MR) is 79.2 cm³/mol. The van der Waals surface area contributed by atoms with E-state index in [0.29, 0.717) is 6.54 Å². The lowest BCUT2D eigenvalue weighted by Crippen LogP contribution is -2.04. The number of nitrogens with two attached hydrogens (primary N) is 1. The lowest BCUT2D eigenvalue weighted by molar-refractivity contribution is 0.300. The largest absolute Gasteiger partial charge is 0.493 e. The first-order chi connectivity index (χ1) is 9.20. The molecular weight excluding hydrogens is 236 g/mol. The number of benzene rings is 1. The van der Waals surface area contributed by atoms with Crippen LogP contribution in [0.2, 0.25) is 0 Å². The molecular formula is C16H22N2O. The zero-order chi connectivity index (χ0) is 13.7. The van der Waals surface area contributed by atoms with Gasteiger partial charge in [-0.2, -0.15) is 0 Å². The number of fused-ring (bicyclic) bond motifs is 1. The van der Waals surface area contributed by atoms with Gasteiger partial charge < -0.3 is 10.5 Å². The number of hydrogen-bond donors (Lipinski definition) is 1. The van der Waals surface area contributed by atoms with E-state index >= 15 is 0 Å². The van der Waals surface area contributed by atoms with Gasteiger partial charge in [0.2, 0.25) is 0 Å². The van der Waals surface area contributed by atoms with Crippen LogP contribution in [-0.2, 0) is 6.54 Å². The number of hydrogen-bond acceptors (Lipinski definition) is 3. The molecule has 2 rings (SSSR count). The predicted octanol–water partition coefficient (Wildman–Crippen LogP) is 3.51. The first kappa shape index (κ1) is 13.8. The molecule has 0 amide bonds. The van der Waals surface area contributed by atoms with Gasteiger partial charge in [-0.3, -0.25) is 4.98 Å². The summed E-state index contributed by atoms with van der Waals surface area (Å²) in [6, 6.07) is 9.98. The van der Waals surface area contributed by atoms with Gasteiger partial charge in [0.25, 0.3) is 0 Å². The first-order valence-electron chi connectivity index (χ1n) is 6.92. The van der Waals surface area contributed by atoms with Gasteiger partial charge >= 0.3 is 0 Å². The first-order valence-corrected chi connectivity index (χ1v) is 6.92. The van der Waals surface area contributed by atoms with Crippen molar-refractivity contribution in [2.75, 3.05) is 6.61 Å². The van der Waals surface area contributed by atoms with E-state index in [1.807, 2.05) is 30.3 Å². The van der Waals surface area contributed by atoms with Crippen molar-refractivity contribution >= 4 is 10.9 Å². The highest BCUT2D eigenvalue weighted by atomic mass is 16.5. The van der Waals surface area contributed by atoms with E-state index in [4.69, 9.17) is 10.5 Å². The van der Waals surface area contributed by atoms with Crippen LogP contribution in [0, 0.1) is 5.92 Å². The maximum absolute atomic E-state index is 5.92. The molecule has 1 aromatic carbocycles. The van der Waals surface area contributed by atoms with Crippen LogP contribution in [0.3, 0.4) is 0 Å². The maximum atomic E-state index is 5.92. The summed E-state index contributed by atoms with van der Waals surface area (Å²) in [5.41, 5.74) is 7.51. The van der Waals surface area contributed by atoms with Crippen LogP contribution in [0.15, 0.2) is 30.3 Å². The Morgan fingerprint density at radius 3 is 2.79 bits per heavy atom. The average molecular weight is 258 g/mol. The third-order valence-electron chi connectivity index (χ3n) is 3.12. The van der Waals surface area contributed by atoms with Crippen LogP contribution in [0.5, 0.6) is 5.75 Å². The van der Waals surface area contributed by atoms with Crippen LogP contribution in [0.4, 0.5) is 0 Å². The van der Waals surface area contributed by atoms with Gasteiger partial charge in [-0.1, -0.05) is 26.0 Å². The fraction of sp³-hybridized carbons (Fsp3) is 0.438. The minimum Gasteiger partial charge on any atom is -0.493 e. The van der Waals surface area contributed by atoms with Gasteiger partial charge in [0.1, 0.15) is 5.75 Å².